The van der Waals surface area contributed by atoms with Gasteiger partial charge in [-0.1, -0.05) is 72.4 Å². The molecule has 3 aromatic carbocycles. The number of amides is 1. The van der Waals surface area contributed by atoms with Crippen molar-refractivity contribution in [3.05, 3.63) is 78.9 Å². The zero-order chi connectivity index (χ0) is 23.0. The van der Waals surface area contributed by atoms with Gasteiger partial charge in [0.25, 0.3) is 0 Å². The Labute approximate surface area is 196 Å². The summed E-state index contributed by atoms with van der Waals surface area (Å²) in [7, 11) is 3.11. The standard InChI is InChI=1S/C25H22N4O3S/c1-31-19-13-14-21(32-2)20(15-19)26-22(30)16-33-25-27-23(17-9-5-3-6-10-17)24(28-29-25)18-11-7-4-8-12-18/h3-15H,16H2,1-2H3,(H,26,30). The highest BCUT2D eigenvalue weighted by molar-refractivity contribution is 7.99. The Kier molecular flexibility index (Phi) is 7.16. The number of aromatic nitrogens is 3. The molecule has 1 N–H and O–H groups in total. The van der Waals surface area contributed by atoms with E-state index in [0.29, 0.717) is 33.7 Å². The van der Waals surface area contributed by atoms with Crippen LogP contribution in [0.5, 0.6) is 11.5 Å². The summed E-state index contributed by atoms with van der Waals surface area (Å²) in [6.45, 7) is 0. The normalized spacial score (nSPS) is 10.5. The molecule has 1 heterocycles. The number of methoxy groups -OCH3 is 2. The van der Waals surface area contributed by atoms with Crippen molar-refractivity contribution in [2.75, 3.05) is 25.3 Å². The summed E-state index contributed by atoms with van der Waals surface area (Å²) in [5.74, 6) is 1.06. The number of benzene rings is 3. The second kappa shape index (κ2) is 10.6. The molecule has 0 aliphatic carbocycles. The summed E-state index contributed by atoms with van der Waals surface area (Å²) in [5, 5.41) is 12.0. The van der Waals surface area contributed by atoms with Gasteiger partial charge in [-0.15, -0.1) is 10.2 Å². The van der Waals surface area contributed by atoms with E-state index in [4.69, 9.17) is 14.5 Å². The fraction of sp³-hybridized carbons (Fsp3) is 0.120. The Morgan fingerprint density at radius 2 is 1.52 bits per heavy atom. The molecule has 0 saturated carbocycles. The first-order valence-electron chi connectivity index (χ1n) is 10.2. The predicted octanol–water partition coefficient (Wildman–Crippen LogP) is 4.95. The highest BCUT2D eigenvalue weighted by Gasteiger charge is 2.15. The summed E-state index contributed by atoms with van der Waals surface area (Å²) in [4.78, 5) is 17.3. The molecule has 1 aromatic heterocycles. The van der Waals surface area contributed by atoms with Crippen LogP contribution in [0.4, 0.5) is 5.69 Å². The van der Waals surface area contributed by atoms with Crippen LogP contribution in [-0.2, 0) is 4.79 Å². The second-order valence-corrected chi connectivity index (χ2v) is 7.87. The van der Waals surface area contributed by atoms with E-state index in [9.17, 15) is 4.79 Å². The first-order valence-corrected chi connectivity index (χ1v) is 11.2. The zero-order valence-corrected chi connectivity index (χ0v) is 19.0. The molecule has 0 unspecified atom stereocenters. The Balaban J connectivity index is 1.54. The summed E-state index contributed by atoms with van der Waals surface area (Å²) in [5.41, 5.74) is 3.80. The SMILES string of the molecule is COc1ccc(OC)c(NC(=O)CSc2nnc(-c3ccccc3)c(-c3ccccc3)n2)c1. The third kappa shape index (κ3) is 5.48. The highest BCUT2D eigenvalue weighted by atomic mass is 32.2. The van der Waals surface area contributed by atoms with Gasteiger partial charge in [-0.05, 0) is 12.1 Å². The van der Waals surface area contributed by atoms with Crippen LogP contribution in [0.25, 0.3) is 22.5 Å². The van der Waals surface area contributed by atoms with E-state index in [0.717, 1.165) is 11.1 Å². The minimum Gasteiger partial charge on any atom is -0.497 e. The summed E-state index contributed by atoms with van der Waals surface area (Å²) in [6.07, 6.45) is 0. The van der Waals surface area contributed by atoms with Gasteiger partial charge in [-0.2, -0.15) is 0 Å². The Morgan fingerprint density at radius 3 is 2.15 bits per heavy atom. The van der Waals surface area contributed by atoms with Crippen LogP contribution in [-0.4, -0.2) is 41.1 Å². The third-order valence-electron chi connectivity index (χ3n) is 4.77. The number of hydrogen-bond donors (Lipinski definition) is 1. The van der Waals surface area contributed by atoms with Gasteiger partial charge < -0.3 is 14.8 Å². The van der Waals surface area contributed by atoms with E-state index in [2.05, 4.69) is 15.5 Å². The van der Waals surface area contributed by atoms with Crippen LogP contribution in [0.15, 0.2) is 84.0 Å². The van der Waals surface area contributed by atoms with Gasteiger partial charge in [0, 0.05) is 17.2 Å². The van der Waals surface area contributed by atoms with Crippen molar-refractivity contribution in [3.8, 4) is 34.0 Å². The summed E-state index contributed by atoms with van der Waals surface area (Å²) in [6, 6.07) is 24.8. The molecule has 0 radical (unpaired) electrons. The lowest BCUT2D eigenvalue weighted by molar-refractivity contribution is -0.113. The maximum Gasteiger partial charge on any atom is 0.234 e. The molecule has 33 heavy (non-hydrogen) atoms. The molecule has 0 aliphatic rings. The van der Waals surface area contributed by atoms with Crippen LogP contribution in [0, 0.1) is 0 Å². The monoisotopic (exact) mass is 458 g/mol. The Hall–Kier alpha value is -3.91. The van der Waals surface area contributed by atoms with Crippen molar-refractivity contribution in [3.63, 3.8) is 0 Å². The predicted molar refractivity (Wildman–Crippen MR) is 130 cm³/mol. The number of thioether (sulfide) groups is 1. The minimum atomic E-state index is -0.219. The van der Waals surface area contributed by atoms with Crippen molar-refractivity contribution in [1.29, 1.82) is 0 Å². The molecule has 0 fully saturated rings. The Bertz CT molecular complexity index is 1240. The van der Waals surface area contributed by atoms with Crippen molar-refractivity contribution in [2.24, 2.45) is 0 Å². The number of hydrogen-bond acceptors (Lipinski definition) is 7. The van der Waals surface area contributed by atoms with Crippen LogP contribution in [0.2, 0.25) is 0 Å². The van der Waals surface area contributed by atoms with Crippen molar-refractivity contribution >= 4 is 23.4 Å². The highest BCUT2D eigenvalue weighted by Crippen LogP contribution is 2.31. The topological polar surface area (TPSA) is 86.2 Å². The van der Waals surface area contributed by atoms with Crippen LogP contribution >= 0.6 is 11.8 Å². The van der Waals surface area contributed by atoms with E-state index in [1.807, 2.05) is 60.7 Å². The van der Waals surface area contributed by atoms with Crippen LogP contribution < -0.4 is 14.8 Å². The van der Waals surface area contributed by atoms with Gasteiger partial charge in [-0.3, -0.25) is 4.79 Å². The maximum atomic E-state index is 12.6. The van der Waals surface area contributed by atoms with E-state index < -0.39 is 0 Å². The molecule has 0 saturated heterocycles. The van der Waals surface area contributed by atoms with Gasteiger partial charge in [0.1, 0.15) is 22.9 Å². The van der Waals surface area contributed by atoms with Crippen molar-refractivity contribution in [1.82, 2.24) is 15.2 Å². The van der Waals surface area contributed by atoms with Crippen LogP contribution in [0.1, 0.15) is 0 Å². The fourth-order valence-corrected chi connectivity index (χ4v) is 3.77. The maximum absolute atomic E-state index is 12.6. The number of rotatable bonds is 8. The summed E-state index contributed by atoms with van der Waals surface area (Å²) >= 11 is 1.22. The lowest BCUT2D eigenvalue weighted by Gasteiger charge is -2.12. The van der Waals surface area contributed by atoms with Crippen molar-refractivity contribution < 1.29 is 14.3 Å². The van der Waals surface area contributed by atoms with Gasteiger partial charge in [0.2, 0.25) is 11.1 Å². The smallest absolute Gasteiger partial charge is 0.234 e. The number of nitrogens with zero attached hydrogens (tertiary/aromatic N) is 3. The molecular weight excluding hydrogens is 436 g/mol. The lowest BCUT2D eigenvalue weighted by Crippen LogP contribution is -2.15. The molecule has 0 aliphatic heterocycles. The van der Waals surface area contributed by atoms with Gasteiger partial charge >= 0.3 is 0 Å². The second-order valence-electron chi connectivity index (χ2n) is 6.93. The van der Waals surface area contributed by atoms with E-state index in [1.54, 1.807) is 32.4 Å². The average molecular weight is 459 g/mol. The van der Waals surface area contributed by atoms with E-state index >= 15 is 0 Å². The minimum absolute atomic E-state index is 0.112. The molecule has 4 aromatic rings. The largest absolute Gasteiger partial charge is 0.497 e. The number of nitrogens with one attached hydrogen (secondary N) is 1. The molecule has 0 spiro atoms. The van der Waals surface area contributed by atoms with E-state index in [-0.39, 0.29) is 11.7 Å². The third-order valence-corrected chi connectivity index (χ3v) is 5.61. The molecule has 4 rings (SSSR count). The molecule has 1 amide bonds. The quantitative estimate of drug-likeness (QED) is 0.374. The first-order chi connectivity index (χ1) is 16.2. The lowest BCUT2D eigenvalue weighted by atomic mass is 10.0. The average Bonchev–Trinajstić information content (AvgIpc) is 2.88. The summed E-state index contributed by atoms with van der Waals surface area (Å²) < 4.78 is 10.5. The van der Waals surface area contributed by atoms with Gasteiger partial charge in [-0.25, -0.2) is 4.98 Å². The van der Waals surface area contributed by atoms with Crippen LogP contribution in [0.3, 0.4) is 0 Å². The zero-order valence-electron chi connectivity index (χ0n) is 18.2. The van der Waals surface area contributed by atoms with Gasteiger partial charge in [0.05, 0.1) is 25.7 Å². The number of anilines is 1. The molecule has 166 valence electrons. The molecule has 0 bridgehead atoms. The molecular formula is C25H22N4O3S. The molecule has 7 nitrogen and oxygen atoms in total. The number of carbonyl (C=O) groups is 1. The molecule has 8 heteroatoms. The molecule has 0 atom stereocenters. The fourth-order valence-electron chi connectivity index (χ4n) is 3.19. The number of ether oxygens (including phenoxy) is 2. The van der Waals surface area contributed by atoms with Crippen molar-refractivity contribution in [2.45, 2.75) is 5.16 Å². The Morgan fingerprint density at radius 1 is 0.848 bits per heavy atom. The number of carbonyl (C=O) groups excluding carboxylic acids is 1. The van der Waals surface area contributed by atoms with Gasteiger partial charge in [0.15, 0.2) is 0 Å². The first kappa shape index (κ1) is 22.3. The van der Waals surface area contributed by atoms with E-state index in [1.165, 1.54) is 11.8 Å².